The van der Waals surface area contributed by atoms with Crippen LogP contribution in [0.4, 0.5) is 5.69 Å². The number of aliphatic hydroxyl groups excluding tert-OH is 1. The summed E-state index contributed by atoms with van der Waals surface area (Å²) in [6.45, 7) is 4.12. The topological polar surface area (TPSA) is 101 Å². The maximum absolute atomic E-state index is 13.4. The standard InChI is InChI=1S/C27H30N2O5/c1-18(2)15-22(30)23-24(19-9-8-12-21(16-19)29(33)34)28(26(32)25(23)31)17-27(13-6-7-14-27)20-10-4-3-5-11-20/h3-5,8-12,16,18,24,31H,6-7,13-15,17H2,1-2H3. The highest BCUT2D eigenvalue weighted by atomic mass is 16.6. The number of nitro benzene ring substituents is 1. The molecule has 178 valence electrons. The first-order chi connectivity index (χ1) is 16.2. The predicted molar refractivity (Wildman–Crippen MR) is 128 cm³/mol. The van der Waals surface area contributed by atoms with E-state index in [0.29, 0.717) is 12.1 Å². The molecule has 4 rings (SSSR count). The van der Waals surface area contributed by atoms with E-state index in [1.807, 2.05) is 32.0 Å². The second-order valence-corrected chi connectivity index (χ2v) is 9.82. The van der Waals surface area contributed by atoms with E-state index in [2.05, 4.69) is 12.1 Å². The van der Waals surface area contributed by atoms with Crippen molar-refractivity contribution in [3.8, 4) is 0 Å². The molecule has 2 aromatic carbocycles. The summed E-state index contributed by atoms with van der Waals surface area (Å²) >= 11 is 0. The van der Waals surface area contributed by atoms with Crippen LogP contribution in [0.2, 0.25) is 0 Å². The molecular formula is C27H30N2O5. The van der Waals surface area contributed by atoms with Crippen LogP contribution >= 0.6 is 0 Å². The Morgan fingerprint density at radius 1 is 1.15 bits per heavy atom. The molecular weight excluding hydrogens is 432 g/mol. The highest BCUT2D eigenvalue weighted by Gasteiger charge is 2.48. The van der Waals surface area contributed by atoms with Gasteiger partial charge in [0.05, 0.1) is 16.5 Å². The lowest BCUT2D eigenvalue weighted by atomic mass is 9.78. The van der Waals surface area contributed by atoms with Gasteiger partial charge in [-0.25, -0.2) is 0 Å². The highest BCUT2D eigenvalue weighted by molar-refractivity contribution is 6.09. The summed E-state index contributed by atoms with van der Waals surface area (Å²) in [5, 5.41) is 22.3. The van der Waals surface area contributed by atoms with E-state index in [9.17, 15) is 24.8 Å². The Bertz CT molecular complexity index is 1130. The van der Waals surface area contributed by atoms with Gasteiger partial charge in [-0.2, -0.15) is 0 Å². The molecule has 1 atom stereocenters. The van der Waals surface area contributed by atoms with Crippen molar-refractivity contribution in [1.29, 1.82) is 0 Å². The summed E-state index contributed by atoms with van der Waals surface area (Å²) in [4.78, 5) is 39.1. The number of hydrogen-bond donors (Lipinski definition) is 1. The Kier molecular flexibility index (Phi) is 6.55. The van der Waals surface area contributed by atoms with Crippen molar-refractivity contribution in [2.45, 2.75) is 57.4 Å². The van der Waals surface area contributed by atoms with Gasteiger partial charge in [-0.3, -0.25) is 19.7 Å². The summed E-state index contributed by atoms with van der Waals surface area (Å²) in [7, 11) is 0. The van der Waals surface area contributed by atoms with Crippen molar-refractivity contribution in [3.05, 3.63) is 87.2 Å². The van der Waals surface area contributed by atoms with Crippen molar-refractivity contribution in [2.24, 2.45) is 5.92 Å². The summed E-state index contributed by atoms with van der Waals surface area (Å²) in [6, 6.07) is 15.2. The van der Waals surface area contributed by atoms with Crippen LogP contribution in [-0.2, 0) is 15.0 Å². The fourth-order valence-corrected chi connectivity index (χ4v) is 5.44. The summed E-state index contributed by atoms with van der Waals surface area (Å²) in [5.41, 5.74) is 1.21. The molecule has 1 aliphatic carbocycles. The van der Waals surface area contributed by atoms with Crippen LogP contribution < -0.4 is 0 Å². The number of Topliss-reactive ketones (excluding diaryl/α,β-unsaturated/α-hetero) is 1. The van der Waals surface area contributed by atoms with Crippen molar-refractivity contribution >= 4 is 17.4 Å². The minimum absolute atomic E-state index is 0.0354. The molecule has 7 nitrogen and oxygen atoms in total. The van der Waals surface area contributed by atoms with E-state index in [0.717, 1.165) is 31.2 Å². The first-order valence-corrected chi connectivity index (χ1v) is 11.8. The molecule has 0 spiro atoms. The summed E-state index contributed by atoms with van der Waals surface area (Å²) in [5.74, 6) is -1.40. The van der Waals surface area contributed by atoms with E-state index in [4.69, 9.17) is 0 Å². The molecule has 1 aliphatic heterocycles. The van der Waals surface area contributed by atoms with Gasteiger partial charge in [0.25, 0.3) is 11.6 Å². The first-order valence-electron chi connectivity index (χ1n) is 11.8. The maximum atomic E-state index is 13.4. The third-order valence-corrected chi connectivity index (χ3v) is 7.01. The number of carbonyl (C=O) groups excluding carboxylic acids is 2. The Balaban J connectivity index is 1.81. The van der Waals surface area contributed by atoms with Gasteiger partial charge in [0.1, 0.15) is 0 Å². The van der Waals surface area contributed by atoms with Gasteiger partial charge < -0.3 is 10.0 Å². The minimum Gasteiger partial charge on any atom is -0.503 e. The van der Waals surface area contributed by atoms with Gasteiger partial charge >= 0.3 is 0 Å². The summed E-state index contributed by atoms with van der Waals surface area (Å²) < 4.78 is 0. The van der Waals surface area contributed by atoms with Crippen LogP contribution in [-0.4, -0.2) is 33.2 Å². The normalized spacial score (nSPS) is 19.8. The summed E-state index contributed by atoms with van der Waals surface area (Å²) in [6.07, 6.45) is 4.00. The van der Waals surface area contributed by atoms with Gasteiger partial charge in [0.2, 0.25) is 0 Å². The Labute approximate surface area is 199 Å². The monoisotopic (exact) mass is 462 g/mol. The SMILES string of the molecule is CC(C)CC(=O)C1=C(O)C(=O)N(CC2(c3ccccc3)CCCC2)C1c1cccc([N+](=O)[O-])c1. The zero-order valence-corrected chi connectivity index (χ0v) is 19.6. The molecule has 7 heteroatoms. The van der Waals surface area contributed by atoms with Gasteiger partial charge in [0.15, 0.2) is 11.5 Å². The second kappa shape index (κ2) is 9.41. The average molecular weight is 463 g/mol. The molecule has 1 N–H and O–H groups in total. The molecule has 1 saturated carbocycles. The van der Waals surface area contributed by atoms with E-state index < -0.39 is 22.6 Å². The maximum Gasteiger partial charge on any atom is 0.290 e. The molecule has 0 aromatic heterocycles. The van der Waals surface area contributed by atoms with E-state index in [1.165, 1.54) is 12.1 Å². The largest absolute Gasteiger partial charge is 0.503 e. The van der Waals surface area contributed by atoms with Crippen molar-refractivity contribution in [2.75, 3.05) is 6.54 Å². The number of rotatable bonds is 8. The number of ketones is 1. The van der Waals surface area contributed by atoms with Gasteiger partial charge in [-0.1, -0.05) is 69.2 Å². The lowest BCUT2D eigenvalue weighted by Gasteiger charge is -2.37. The zero-order valence-electron chi connectivity index (χ0n) is 19.6. The Morgan fingerprint density at radius 3 is 2.44 bits per heavy atom. The smallest absolute Gasteiger partial charge is 0.290 e. The number of amides is 1. The second-order valence-electron chi connectivity index (χ2n) is 9.82. The van der Waals surface area contributed by atoms with Crippen molar-refractivity contribution in [1.82, 2.24) is 4.90 Å². The quantitative estimate of drug-likeness (QED) is 0.417. The fourth-order valence-electron chi connectivity index (χ4n) is 5.44. The molecule has 1 heterocycles. The molecule has 2 aromatic rings. The number of non-ortho nitro benzene ring substituents is 1. The van der Waals surface area contributed by atoms with Crippen LogP contribution in [0.5, 0.6) is 0 Å². The van der Waals surface area contributed by atoms with Gasteiger partial charge in [0, 0.05) is 30.5 Å². The number of carbonyl (C=O) groups is 2. The van der Waals surface area contributed by atoms with Crippen LogP contribution in [0.25, 0.3) is 0 Å². The Hall–Kier alpha value is -3.48. The fraction of sp³-hybridized carbons (Fsp3) is 0.407. The molecule has 1 fully saturated rings. The zero-order chi connectivity index (χ0) is 24.5. The average Bonchev–Trinajstić information content (AvgIpc) is 3.39. The number of nitro groups is 1. The minimum atomic E-state index is -0.861. The number of benzene rings is 2. The third-order valence-electron chi connectivity index (χ3n) is 7.01. The van der Waals surface area contributed by atoms with Crippen molar-refractivity contribution < 1.29 is 19.6 Å². The molecule has 0 saturated heterocycles. The van der Waals surface area contributed by atoms with Gasteiger partial charge in [-0.05, 0) is 29.9 Å². The molecule has 1 unspecified atom stereocenters. The third kappa shape index (κ3) is 4.34. The number of hydrogen-bond acceptors (Lipinski definition) is 5. The first kappa shape index (κ1) is 23.7. The van der Waals surface area contributed by atoms with Crippen LogP contribution in [0.3, 0.4) is 0 Å². The van der Waals surface area contributed by atoms with E-state index in [-0.39, 0.29) is 34.8 Å². The van der Waals surface area contributed by atoms with Crippen LogP contribution in [0, 0.1) is 16.0 Å². The van der Waals surface area contributed by atoms with E-state index in [1.54, 1.807) is 17.0 Å². The molecule has 2 aliphatic rings. The molecule has 0 bridgehead atoms. The highest BCUT2D eigenvalue weighted by Crippen LogP contribution is 2.46. The van der Waals surface area contributed by atoms with Crippen LogP contribution in [0.15, 0.2) is 65.9 Å². The lowest BCUT2D eigenvalue weighted by molar-refractivity contribution is -0.384. The predicted octanol–water partition coefficient (Wildman–Crippen LogP) is 5.42. The molecule has 0 radical (unpaired) electrons. The molecule has 1 amide bonds. The number of aliphatic hydroxyl groups is 1. The van der Waals surface area contributed by atoms with Crippen molar-refractivity contribution in [3.63, 3.8) is 0 Å². The molecule has 34 heavy (non-hydrogen) atoms. The Morgan fingerprint density at radius 2 is 1.82 bits per heavy atom. The number of nitrogens with zero attached hydrogens (tertiary/aromatic N) is 2. The van der Waals surface area contributed by atoms with E-state index >= 15 is 0 Å². The van der Waals surface area contributed by atoms with Crippen LogP contribution in [0.1, 0.15) is 63.1 Å². The lowest BCUT2D eigenvalue weighted by Crippen LogP contribution is -2.42. The van der Waals surface area contributed by atoms with Gasteiger partial charge in [-0.15, -0.1) is 0 Å².